The molecule has 1 rings (SSSR count). The molecule has 0 aliphatic heterocycles. The molecule has 16 heavy (non-hydrogen) atoms. The third-order valence-electron chi connectivity index (χ3n) is 2.34. The van der Waals surface area contributed by atoms with E-state index >= 15 is 0 Å². The van der Waals surface area contributed by atoms with Gasteiger partial charge in [0, 0.05) is 0 Å². The zero-order valence-corrected chi connectivity index (χ0v) is 11.2. The molecule has 0 aliphatic carbocycles. The van der Waals surface area contributed by atoms with Gasteiger partial charge in [0.1, 0.15) is 0 Å². The van der Waals surface area contributed by atoms with Gasteiger partial charge >= 0.3 is 0 Å². The van der Waals surface area contributed by atoms with E-state index in [9.17, 15) is 0 Å². The Morgan fingerprint density at radius 2 is 1.50 bits per heavy atom. The van der Waals surface area contributed by atoms with Crippen molar-refractivity contribution in [2.75, 3.05) is 0 Å². The molecular formula is C15H24O. The summed E-state index contributed by atoms with van der Waals surface area (Å²) >= 11 is 0. The van der Waals surface area contributed by atoms with E-state index in [1.165, 1.54) is 11.1 Å². The minimum Gasteiger partial charge on any atom is -0.371 e. The molecular weight excluding hydrogens is 196 g/mol. The van der Waals surface area contributed by atoms with Crippen LogP contribution in [-0.4, -0.2) is 5.60 Å². The second-order valence-electron chi connectivity index (χ2n) is 5.82. The van der Waals surface area contributed by atoms with Gasteiger partial charge in [0.15, 0.2) is 0 Å². The monoisotopic (exact) mass is 220 g/mol. The number of ether oxygens (including phenoxy) is 1. The average Bonchev–Trinajstić information content (AvgIpc) is 2.14. The summed E-state index contributed by atoms with van der Waals surface area (Å²) in [5.41, 5.74) is 2.60. The van der Waals surface area contributed by atoms with Gasteiger partial charge in [-0.15, -0.1) is 0 Å². The van der Waals surface area contributed by atoms with Crippen molar-refractivity contribution < 1.29 is 4.74 Å². The van der Waals surface area contributed by atoms with Crippen LogP contribution in [0.5, 0.6) is 0 Å². The highest BCUT2D eigenvalue weighted by Crippen LogP contribution is 2.14. The molecule has 0 bridgehead atoms. The number of hydrogen-bond acceptors (Lipinski definition) is 1. The Bertz CT molecular complexity index is 303. The topological polar surface area (TPSA) is 9.23 Å². The lowest BCUT2D eigenvalue weighted by Crippen LogP contribution is -2.18. The van der Waals surface area contributed by atoms with Crippen LogP contribution in [0.1, 0.15) is 45.7 Å². The van der Waals surface area contributed by atoms with Crippen molar-refractivity contribution in [2.45, 2.75) is 53.2 Å². The van der Waals surface area contributed by atoms with Crippen LogP contribution in [0.2, 0.25) is 0 Å². The van der Waals surface area contributed by atoms with Crippen LogP contribution in [0.25, 0.3) is 0 Å². The summed E-state index contributed by atoms with van der Waals surface area (Å²) in [6.45, 7) is 11.4. The fraction of sp³-hybridized carbons (Fsp3) is 0.600. The lowest BCUT2D eigenvalue weighted by molar-refractivity contribution is -0.0149. The number of rotatable bonds is 4. The predicted octanol–water partition coefficient (Wildman–Crippen LogP) is 4.20. The Morgan fingerprint density at radius 1 is 1.00 bits per heavy atom. The molecule has 0 aliphatic rings. The van der Waals surface area contributed by atoms with Crippen molar-refractivity contribution in [3.05, 3.63) is 35.4 Å². The lowest BCUT2D eigenvalue weighted by atomic mass is 10.0. The Balaban J connectivity index is 2.51. The van der Waals surface area contributed by atoms with E-state index in [0.717, 1.165) is 12.3 Å². The third kappa shape index (κ3) is 5.32. The van der Waals surface area contributed by atoms with Crippen molar-refractivity contribution in [3.63, 3.8) is 0 Å². The van der Waals surface area contributed by atoms with Crippen molar-refractivity contribution in [3.8, 4) is 0 Å². The van der Waals surface area contributed by atoms with Crippen LogP contribution < -0.4 is 0 Å². The van der Waals surface area contributed by atoms with Crippen molar-refractivity contribution >= 4 is 0 Å². The van der Waals surface area contributed by atoms with Crippen LogP contribution in [0.4, 0.5) is 0 Å². The normalized spacial score (nSPS) is 12.1. The number of benzene rings is 1. The minimum absolute atomic E-state index is 0.0589. The molecule has 1 nitrogen and oxygen atoms in total. The first kappa shape index (κ1) is 13.2. The van der Waals surface area contributed by atoms with Gasteiger partial charge in [-0.2, -0.15) is 0 Å². The molecule has 0 aromatic heterocycles. The van der Waals surface area contributed by atoms with Gasteiger partial charge in [0.2, 0.25) is 0 Å². The van der Waals surface area contributed by atoms with Gasteiger partial charge in [-0.25, -0.2) is 0 Å². The zero-order chi connectivity index (χ0) is 12.2. The van der Waals surface area contributed by atoms with Gasteiger partial charge in [-0.05, 0) is 44.2 Å². The van der Waals surface area contributed by atoms with Crippen molar-refractivity contribution in [1.82, 2.24) is 0 Å². The summed E-state index contributed by atoms with van der Waals surface area (Å²) in [7, 11) is 0. The molecule has 0 spiro atoms. The fourth-order valence-corrected chi connectivity index (χ4v) is 1.54. The molecule has 90 valence electrons. The van der Waals surface area contributed by atoms with Gasteiger partial charge in [0.05, 0.1) is 12.2 Å². The van der Waals surface area contributed by atoms with E-state index in [-0.39, 0.29) is 5.60 Å². The van der Waals surface area contributed by atoms with Crippen LogP contribution >= 0.6 is 0 Å². The molecule has 0 N–H and O–H groups in total. The molecule has 0 radical (unpaired) electrons. The SMILES string of the molecule is CC(C)Cc1ccc(COC(C)(C)C)cc1. The molecule has 0 saturated heterocycles. The Kier molecular flexibility index (Phi) is 4.55. The maximum atomic E-state index is 5.74. The molecule has 0 atom stereocenters. The zero-order valence-electron chi connectivity index (χ0n) is 11.2. The van der Waals surface area contributed by atoms with Crippen molar-refractivity contribution in [1.29, 1.82) is 0 Å². The summed E-state index contributed by atoms with van der Waals surface area (Å²) in [5, 5.41) is 0. The van der Waals surface area contributed by atoms with Crippen LogP contribution in [0.3, 0.4) is 0 Å². The Labute approximate surface area is 99.8 Å². The maximum Gasteiger partial charge on any atom is 0.0724 e. The predicted molar refractivity (Wildman–Crippen MR) is 69.5 cm³/mol. The Hall–Kier alpha value is -0.820. The fourth-order valence-electron chi connectivity index (χ4n) is 1.54. The van der Waals surface area contributed by atoms with E-state index < -0.39 is 0 Å². The average molecular weight is 220 g/mol. The summed E-state index contributed by atoms with van der Waals surface area (Å²) in [6.07, 6.45) is 1.15. The summed E-state index contributed by atoms with van der Waals surface area (Å²) in [6, 6.07) is 8.76. The van der Waals surface area contributed by atoms with Crippen LogP contribution in [-0.2, 0) is 17.8 Å². The van der Waals surface area contributed by atoms with Gasteiger partial charge in [-0.3, -0.25) is 0 Å². The molecule has 1 aromatic carbocycles. The lowest BCUT2D eigenvalue weighted by Gasteiger charge is -2.19. The minimum atomic E-state index is -0.0589. The summed E-state index contributed by atoms with van der Waals surface area (Å²) in [5.74, 6) is 0.719. The van der Waals surface area contributed by atoms with Crippen molar-refractivity contribution in [2.24, 2.45) is 5.92 Å². The second kappa shape index (κ2) is 5.49. The highest BCUT2D eigenvalue weighted by atomic mass is 16.5. The summed E-state index contributed by atoms with van der Waals surface area (Å²) < 4.78 is 5.74. The standard InChI is InChI=1S/C15H24O/c1-12(2)10-13-6-8-14(9-7-13)11-16-15(3,4)5/h6-9,12H,10-11H2,1-5H3. The van der Waals surface area contributed by atoms with E-state index in [0.29, 0.717) is 6.61 Å². The molecule has 0 unspecified atom stereocenters. The maximum absolute atomic E-state index is 5.74. The van der Waals surface area contributed by atoms with Gasteiger partial charge in [0.25, 0.3) is 0 Å². The first-order valence-corrected chi connectivity index (χ1v) is 6.08. The smallest absolute Gasteiger partial charge is 0.0724 e. The molecule has 1 heteroatoms. The van der Waals surface area contributed by atoms with Gasteiger partial charge in [-0.1, -0.05) is 38.1 Å². The van der Waals surface area contributed by atoms with E-state index in [1.807, 2.05) is 0 Å². The Morgan fingerprint density at radius 3 is 1.94 bits per heavy atom. The highest BCUT2D eigenvalue weighted by molar-refractivity contribution is 5.22. The highest BCUT2D eigenvalue weighted by Gasteiger charge is 2.09. The third-order valence-corrected chi connectivity index (χ3v) is 2.34. The first-order chi connectivity index (χ1) is 7.37. The van der Waals surface area contributed by atoms with Crippen LogP contribution in [0.15, 0.2) is 24.3 Å². The van der Waals surface area contributed by atoms with E-state index in [2.05, 4.69) is 58.9 Å². The van der Waals surface area contributed by atoms with E-state index in [4.69, 9.17) is 4.74 Å². The molecule has 0 saturated carbocycles. The summed E-state index contributed by atoms with van der Waals surface area (Å²) in [4.78, 5) is 0. The molecule has 0 heterocycles. The van der Waals surface area contributed by atoms with Crippen LogP contribution in [0, 0.1) is 5.92 Å². The van der Waals surface area contributed by atoms with E-state index in [1.54, 1.807) is 0 Å². The number of hydrogen-bond donors (Lipinski definition) is 0. The largest absolute Gasteiger partial charge is 0.371 e. The molecule has 0 amide bonds. The first-order valence-electron chi connectivity index (χ1n) is 6.08. The second-order valence-corrected chi connectivity index (χ2v) is 5.82. The molecule has 0 fully saturated rings. The van der Waals surface area contributed by atoms with Gasteiger partial charge < -0.3 is 4.74 Å². The quantitative estimate of drug-likeness (QED) is 0.739. The molecule has 1 aromatic rings.